The molecule has 2 heterocycles. The molecule has 25 heteroatoms. The summed E-state index contributed by atoms with van der Waals surface area (Å²) in [5, 5.41) is 35.7. The smallest absolute Gasteiger partial charge is 0.169 e. The maximum Gasteiger partial charge on any atom is 0.169 e. The highest BCUT2D eigenvalue weighted by molar-refractivity contribution is 7.86. The predicted octanol–water partition coefficient (Wildman–Crippen LogP) is 5.13. The van der Waals surface area contributed by atoms with Gasteiger partial charge in [-0.25, -0.2) is 33.7 Å². The summed E-state index contributed by atoms with van der Waals surface area (Å²) in [5.41, 5.74) is -2.94. The molecule has 0 saturated heterocycles. The van der Waals surface area contributed by atoms with Gasteiger partial charge in [0.15, 0.2) is 11.5 Å². The summed E-state index contributed by atoms with van der Waals surface area (Å²) < 4.78 is 146. The highest BCUT2D eigenvalue weighted by Crippen LogP contribution is 2.40. The first kappa shape index (κ1) is 45.9. The Morgan fingerprint density at radius 3 is 1.15 bits per heavy atom. The number of quaternary nitrogens is 1. The van der Waals surface area contributed by atoms with E-state index in [9.17, 15) is 62.1 Å². The normalized spacial score (nSPS) is 13.0. The summed E-state index contributed by atoms with van der Waals surface area (Å²) in [6.45, 7) is 0. The molecule has 0 fully saturated rings. The third-order valence-corrected chi connectivity index (χ3v) is 11.2. The number of aromatic hydroxyl groups is 2. The quantitative estimate of drug-likeness (QED) is 0.0778. The van der Waals surface area contributed by atoms with Crippen molar-refractivity contribution in [1.29, 1.82) is 0 Å². The number of rotatable bonds is 10. The molecule has 0 amide bonds. The van der Waals surface area contributed by atoms with Gasteiger partial charge in [0.2, 0.25) is 0 Å². The van der Waals surface area contributed by atoms with Gasteiger partial charge in [0.05, 0.1) is 59.1 Å². The van der Waals surface area contributed by atoms with E-state index in [1.807, 2.05) is 0 Å². The number of aromatic nitrogens is 2. The largest absolute Gasteiger partial charge is 0.744 e. The molecule has 2 aromatic heterocycles. The number of phenolic OH excluding ortho intramolecular Hbond substituents is 2. The van der Waals surface area contributed by atoms with Gasteiger partial charge >= 0.3 is 0 Å². The second kappa shape index (κ2) is 17.1. The van der Waals surface area contributed by atoms with Crippen LogP contribution in [0.25, 0.3) is 34.0 Å². The molecule has 21 nitrogen and oxygen atoms in total. The van der Waals surface area contributed by atoms with Crippen molar-refractivity contribution in [2.45, 2.75) is 19.6 Å². The summed E-state index contributed by atoms with van der Waals surface area (Å²) >= 11 is 0. The van der Waals surface area contributed by atoms with Gasteiger partial charge in [0.25, 0.3) is 0 Å². The second-order valence-corrected chi connectivity index (χ2v) is 19.4. The van der Waals surface area contributed by atoms with Crippen LogP contribution in [0.1, 0.15) is 11.1 Å². The van der Waals surface area contributed by atoms with Crippen molar-refractivity contribution in [2.75, 3.05) is 28.2 Å². The Bertz CT molecular complexity index is 3060. The van der Waals surface area contributed by atoms with Crippen LogP contribution in [0.3, 0.4) is 0 Å². The van der Waals surface area contributed by atoms with E-state index in [1.165, 1.54) is 36.7 Å². The average molecular weight is 913 g/mol. The van der Waals surface area contributed by atoms with Gasteiger partial charge in [-0.3, -0.25) is 9.97 Å². The van der Waals surface area contributed by atoms with Crippen LogP contribution in [0.2, 0.25) is 0 Å². The van der Waals surface area contributed by atoms with Crippen molar-refractivity contribution < 1.29 is 66.6 Å². The van der Waals surface area contributed by atoms with Crippen LogP contribution in [-0.4, -0.2) is 105 Å². The van der Waals surface area contributed by atoms with Crippen LogP contribution < -0.4 is 0 Å². The fourth-order valence-corrected chi connectivity index (χ4v) is 7.98. The standard InChI is InChI=1S/C32H22N6O14S4.C4H12N/c39-31-23(15-27(55(47,48)49)21-3-1-11-33-29(21)31)37-35-19-9-7-17(25(13-19)53(41,42)43)5-6-18-8-10-20(14-26(18)54(44,45)46)36-38-24-16-28(56(50,51)52)22-4-2-12-34-30(22)32(24)40;1-5(2,3)4/h1-16,39-40H,(H,41,42,43)(H,44,45,46)(H,47,48,49)(H,50,51,52);1-4H3/q;+1/p-4/b6-5+,37-35?,38-36?;. The molecule has 0 aliphatic heterocycles. The van der Waals surface area contributed by atoms with Gasteiger partial charge in [-0.2, -0.15) is 10.2 Å². The minimum absolute atomic E-state index is 0.198. The average Bonchev–Trinajstić information content (AvgIpc) is 3.14. The first-order valence-corrected chi connectivity index (χ1v) is 22.4. The topological polar surface area (TPSA) is 344 Å². The summed E-state index contributed by atoms with van der Waals surface area (Å²) in [6.07, 6.45) is 4.38. The van der Waals surface area contributed by atoms with E-state index in [2.05, 4.69) is 58.6 Å². The Hall–Kier alpha value is -6.16. The third kappa shape index (κ3) is 11.4. The Morgan fingerprint density at radius 1 is 0.508 bits per heavy atom. The van der Waals surface area contributed by atoms with Crippen LogP contribution in [0.5, 0.6) is 11.5 Å². The molecule has 0 aliphatic carbocycles. The number of azo groups is 2. The highest BCUT2D eigenvalue weighted by atomic mass is 32.2. The monoisotopic (exact) mass is 912 g/mol. The molecule has 0 saturated carbocycles. The van der Waals surface area contributed by atoms with Gasteiger partial charge in [0.1, 0.15) is 62.9 Å². The minimum Gasteiger partial charge on any atom is -0.744 e. The van der Waals surface area contributed by atoms with Crippen molar-refractivity contribution in [3.63, 3.8) is 0 Å². The molecule has 0 atom stereocenters. The van der Waals surface area contributed by atoms with Crippen LogP contribution in [0.15, 0.2) is 125 Å². The number of fused-ring (bicyclic) bond motifs is 2. The lowest BCUT2D eigenvalue weighted by Crippen LogP contribution is -2.27. The van der Waals surface area contributed by atoms with Crippen LogP contribution >= 0.6 is 0 Å². The maximum absolute atomic E-state index is 12.2. The lowest BCUT2D eigenvalue weighted by Gasteiger charge is -2.14. The van der Waals surface area contributed by atoms with E-state index in [0.29, 0.717) is 0 Å². The van der Waals surface area contributed by atoms with E-state index >= 15 is 0 Å². The Balaban J connectivity index is 0.00000133. The van der Waals surface area contributed by atoms with Gasteiger partial charge in [-0.1, -0.05) is 24.3 Å². The van der Waals surface area contributed by atoms with Crippen molar-refractivity contribution in [3.05, 3.63) is 96.3 Å². The zero-order chi connectivity index (χ0) is 45.3. The Kier molecular flexibility index (Phi) is 12.8. The summed E-state index contributed by atoms with van der Waals surface area (Å²) in [4.78, 5) is 4.35. The van der Waals surface area contributed by atoms with E-state index < -0.39 is 82.9 Å². The van der Waals surface area contributed by atoms with E-state index in [-0.39, 0.29) is 44.3 Å². The van der Waals surface area contributed by atoms with Crippen molar-refractivity contribution >= 4 is 97.2 Å². The lowest BCUT2D eigenvalue weighted by molar-refractivity contribution is -0.849. The number of hydrogen-bond acceptors (Lipinski definition) is 20. The van der Waals surface area contributed by atoms with Crippen LogP contribution in [-0.2, 0) is 40.5 Å². The van der Waals surface area contributed by atoms with Crippen molar-refractivity contribution in [3.8, 4) is 11.5 Å². The fourth-order valence-electron chi connectivity index (χ4n) is 5.22. The minimum atomic E-state index is -5.29. The van der Waals surface area contributed by atoms with Gasteiger partial charge < -0.3 is 32.9 Å². The second-order valence-electron chi connectivity index (χ2n) is 14.0. The van der Waals surface area contributed by atoms with Crippen molar-refractivity contribution in [2.24, 2.45) is 20.5 Å². The number of benzene rings is 4. The van der Waals surface area contributed by atoms with Gasteiger partial charge in [0, 0.05) is 23.2 Å². The summed E-state index contributed by atoms with van der Waals surface area (Å²) in [7, 11) is -12.3. The highest BCUT2D eigenvalue weighted by Gasteiger charge is 2.18. The summed E-state index contributed by atoms with van der Waals surface area (Å²) in [6, 6.07) is 12.4. The molecule has 0 aliphatic rings. The summed E-state index contributed by atoms with van der Waals surface area (Å²) in [5.74, 6) is -1.34. The number of hydrogen-bond donors (Lipinski definition) is 2. The molecule has 61 heavy (non-hydrogen) atoms. The first-order valence-electron chi connectivity index (χ1n) is 16.8. The van der Waals surface area contributed by atoms with Crippen molar-refractivity contribution in [1.82, 2.24) is 9.97 Å². The molecule has 6 aromatic rings. The number of nitrogens with zero attached hydrogens (tertiary/aromatic N) is 7. The molecule has 6 rings (SSSR count). The molecule has 4 aromatic carbocycles. The zero-order valence-electron chi connectivity index (χ0n) is 31.8. The lowest BCUT2D eigenvalue weighted by atomic mass is 10.1. The molecule has 320 valence electrons. The Morgan fingerprint density at radius 2 is 0.836 bits per heavy atom. The van der Waals surface area contributed by atoms with E-state index in [0.717, 1.165) is 65.2 Å². The molecular formula is C36H30N7O14S4-3. The van der Waals surface area contributed by atoms with Crippen LogP contribution in [0.4, 0.5) is 22.7 Å². The van der Waals surface area contributed by atoms with E-state index in [1.54, 1.807) is 0 Å². The molecule has 0 radical (unpaired) electrons. The van der Waals surface area contributed by atoms with Crippen LogP contribution in [0, 0.1) is 0 Å². The van der Waals surface area contributed by atoms with Gasteiger partial charge in [-0.05, 0) is 71.8 Å². The molecule has 0 spiro atoms. The third-order valence-electron chi connectivity index (χ3n) is 7.68. The molecule has 2 N–H and O–H groups in total. The number of pyridine rings is 2. The van der Waals surface area contributed by atoms with Gasteiger partial charge in [-0.15, -0.1) is 10.2 Å². The predicted molar refractivity (Wildman–Crippen MR) is 213 cm³/mol. The maximum atomic E-state index is 12.2. The van der Waals surface area contributed by atoms with E-state index in [4.69, 9.17) is 0 Å². The first-order chi connectivity index (χ1) is 28.1. The molecule has 0 unspecified atom stereocenters. The fraction of sp³-hybridized carbons (Fsp3) is 0.111. The Labute approximate surface area is 348 Å². The zero-order valence-corrected chi connectivity index (χ0v) is 35.1. The molecule has 0 bridgehead atoms. The molecular weight excluding hydrogens is 883 g/mol. The number of phenols is 2. The SMILES string of the molecule is C[N+](C)(C)C.O=S(=O)([O-])c1cc(N=Nc2cc(S(=O)(=O)[O-])c3cccnc3c2O)ccc1/C=C/c1ccc(N=Nc2cc(S(=O)(=O)[O-])c3cccnc3c2O)cc1S(=O)(=O)[O-].